The number of benzene rings is 3. The molecule has 0 amide bonds. The molecule has 0 radical (unpaired) electrons. The van der Waals surface area contributed by atoms with Crippen LogP contribution in [0.25, 0.3) is 22.4 Å². The summed E-state index contributed by atoms with van der Waals surface area (Å²) >= 11 is 0. The van der Waals surface area contributed by atoms with Gasteiger partial charge in [-0.15, -0.1) is 0 Å². The number of allylic oxidation sites excluding steroid dienone is 3. The second-order valence-corrected chi connectivity index (χ2v) is 15.4. The summed E-state index contributed by atoms with van der Waals surface area (Å²) in [6, 6.07) is 17.0. The van der Waals surface area contributed by atoms with Gasteiger partial charge in [-0.05, 0) is 81.4 Å². The number of anilines is 3. The molecule has 3 aromatic carbocycles. The van der Waals surface area contributed by atoms with Gasteiger partial charge in [0.1, 0.15) is 22.5 Å². The summed E-state index contributed by atoms with van der Waals surface area (Å²) in [5.74, 6) is 2.10. The van der Waals surface area contributed by atoms with Crippen LogP contribution in [-0.4, -0.2) is 27.9 Å². The Morgan fingerprint density at radius 3 is 2.18 bits per heavy atom. The first kappa shape index (κ1) is 25.2. The van der Waals surface area contributed by atoms with Crippen LogP contribution >= 0.6 is 0 Å². The minimum Gasteiger partial charge on any atom is -0.510 e. The summed E-state index contributed by atoms with van der Waals surface area (Å²) < 4.78 is 0. The van der Waals surface area contributed by atoms with Crippen molar-refractivity contribution in [3.8, 4) is 0 Å². The molecule has 0 aromatic heterocycles. The van der Waals surface area contributed by atoms with E-state index in [1.165, 1.54) is 51.4 Å². The van der Waals surface area contributed by atoms with Gasteiger partial charge in [0.25, 0.3) is 0 Å². The molecule has 2 aliphatic heterocycles. The van der Waals surface area contributed by atoms with Crippen molar-refractivity contribution in [2.24, 2.45) is 40.0 Å². The van der Waals surface area contributed by atoms with Gasteiger partial charge in [0.05, 0.1) is 17.0 Å². The lowest BCUT2D eigenvalue weighted by Crippen LogP contribution is -2.54. The molecule has 6 nitrogen and oxygen atoms in total. The molecule has 8 aliphatic rings. The van der Waals surface area contributed by atoms with E-state index in [1.54, 1.807) is 0 Å². The Kier molecular flexibility index (Phi) is 4.48. The number of nitrogens with zero attached hydrogens (tertiary/aromatic N) is 1. The molecule has 45 heavy (non-hydrogen) atoms. The van der Waals surface area contributed by atoms with Gasteiger partial charge in [0.15, 0.2) is 5.78 Å². The van der Waals surface area contributed by atoms with Crippen molar-refractivity contribution in [3.63, 3.8) is 0 Å². The number of ketones is 1. The Labute approximate surface area is 263 Å². The molecule has 6 aliphatic carbocycles. The normalized spacial score (nSPS) is 30.1. The third-order valence-electron chi connectivity index (χ3n) is 12.6. The fourth-order valence-corrected chi connectivity index (χ4v) is 9.66. The van der Waals surface area contributed by atoms with Gasteiger partial charge in [0.2, 0.25) is 0 Å². The van der Waals surface area contributed by atoms with Crippen molar-refractivity contribution < 1.29 is 9.90 Å². The molecular formula is C39H38N4O2. The number of Topliss-reactive ketones (excluding diaryl/α,β-unsaturated/α-hetero) is 1. The Hall–Kier alpha value is -4.06. The number of hydrogen-bond donors (Lipinski definition) is 4. The number of hydrogen-bond acceptors (Lipinski definition) is 6. The van der Waals surface area contributed by atoms with E-state index in [2.05, 4.69) is 76.6 Å². The van der Waals surface area contributed by atoms with E-state index in [9.17, 15) is 9.90 Å². The highest BCUT2D eigenvalue weighted by Crippen LogP contribution is 2.62. The maximum atomic E-state index is 14.7. The molecular weight excluding hydrogens is 556 g/mol. The van der Waals surface area contributed by atoms with E-state index in [0.29, 0.717) is 29.2 Å². The van der Waals surface area contributed by atoms with Crippen molar-refractivity contribution in [1.29, 1.82) is 0 Å². The maximum Gasteiger partial charge on any atom is 0.181 e. The van der Waals surface area contributed by atoms with Crippen LogP contribution in [0.4, 0.5) is 17.1 Å². The zero-order chi connectivity index (χ0) is 29.9. The van der Waals surface area contributed by atoms with Gasteiger partial charge in [-0.3, -0.25) is 9.79 Å². The number of carbonyl (C=O) groups excluding carboxylic acids is 1. The van der Waals surface area contributed by atoms with Gasteiger partial charge in [0, 0.05) is 57.5 Å². The Morgan fingerprint density at radius 2 is 1.49 bits per heavy atom. The van der Waals surface area contributed by atoms with Crippen LogP contribution in [0.3, 0.4) is 0 Å². The molecule has 3 aromatic rings. The highest BCUT2D eigenvalue weighted by atomic mass is 16.3. The van der Waals surface area contributed by atoms with Gasteiger partial charge in [-0.25, -0.2) is 0 Å². The zero-order valence-electron chi connectivity index (χ0n) is 25.6. The second kappa shape index (κ2) is 8.01. The minimum absolute atomic E-state index is 0.0112. The van der Waals surface area contributed by atoms with E-state index in [4.69, 9.17) is 4.99 Å². The maximum absolute atomic E-state index is 14.7. The monoisotopic (exact) mass is 594 g/mol. The van der Waals surface area contributed by atoms with E-state index in [1.807, 2.05) is 6.92 Å². The van der Waals surface area contributed by atoms with Gasteiger partial charge in [-0.2, -0.15) is 0 Å². The van der Waals surface area contributed by atoms with Crippen molar-refractivity contribution in [2.45, 2.75) is 69.6 Å². The molecule has 0 saturated heterocycles. The zero-order valence-corrected chi connectivity index (χ0v) is 25.6. The summed E-state index contributed by atoms with van der Waals surface area (Å²) in [6.07, 6.45) is 13.9. The number of aliphatic imine (C=N–C) groups is 1. The molecule has 11 rings (SSSR count). The summed E-state index contributed by atoms with van der Waals surface area (Å²) in [5, 5.41) is 26.3. The van der Waals surface area contributed by atoms with Gasteiger partial charge >= 0.3 is 0 Å². The van der Waals surface area contributed by atoms with Crippen molar-refractivity contribution in [1.82, 2.24) is 0 Å². The first-order valence-electron chi connectivity index (χ1n) is 17.2. The lowest BCUT2D eigenvalue weighted by atomic mass is 9.57. The van der Waals surface area contributed by atoms with Gasteiger partial charge in [-0.1, -0.05) is 48.6 Å². The SMILES string of the molecule is CC1(C2C=Cc3cccc4c3C2=NC(C2CC2)(C2CC2)N4)C(=O)C(c2ccc3cccc4c3c2NC(C2CC2)(C2CC2)N4)=C1O. The average Bonchev–Trinajstić information content (AvgIpc) is 3.89. The Morgan fingerprint density at radius 1 is 0.800 bits per heavy atom. The summed E-state index contributed by atoms with van der Waals surface area (Å²) in [7, 11) is 0. The van der Waals surface area contributed by atoms with Crippen molar-refractivity contribution in [2.75, 3.05) is 16.0 Å². The number of nitrogens with one attached hydrogen (secondary N) is 3. The molecule has 2 atom stereocenters. The van der Waals surface area contributed by atoms with E-state index in [0.717, 1.165) is 50.2 Å². The third-order valence-corrected chi connectivity index (χ3v) is 12.6. The second-order valence-electron chi connectivity index (χ2n) is 15.4. The highest BCUT2D eigenvalue weighted by molar-refractivity contribution is 6.35. The number of carbonyl (C=O) groups is 1. The number of rotatable bonds is 6. The predicted molar refractivity (Wildman–Crippen MR) is 179 cm³/mol. The molecule has 2 heterocycles. The van der Waals surface area contributed by atoms with Crippen LogP contribution in [0.15, 0.2) is 65.4 Å². The van der Waals surface area contributed by atoms with E-state index in [-0.39, 0.29) is 28.8 Å². The molecule has 2 unspecified atom stereocenters. The van der Waals surface area contributed by atoms with Crippen LogP contribution in [0.2, 0.25) is 0 Å². The van der Waals surface area contributed by atoms with Crippen molar-refractivity contribution in [3.05, 3.63) is 77.1 Å². The smallest absolute Gasteiger partial charge is 0.181 e. The van der Waals surface area contributed by atoms with E-state index >= 15 is 0 Å². The van der Waals surface area contributed by atoms with Crippen LogP contribution < -0.4 is 16.0 Å². The standard InChI is InChI=1S/C39H38N4O2/c1-37(27-19-9-21-5-3-7-29-31(21)34(27)43-39(41-29,24-14-15-24)25-16-17-25)35(44)32(36(37)45)26-18-8-20-4-2-6-28-30(20)33(26)42-38(40-28,22-10-11-22)23-12-13-23/h2-9,18-19,22-25,27,40-42,44H,10-17H2,1H3. The summed E-state index contributed by atoms with van der Waals surface area (Å²) in [5.41, 5.74) is 6.25. The fourth-order valence-electron chi connectivity index (χ4n) is 9.66. The topological polar surface area (TPSA) is 85.8 Å². The number of aliphatic hydroxyl groups excluding tert-OH is 1. The first-order valence-corrected chi connectivity index (χ1v) is 17.2. The minimum atomic E-state index is -1.07. The highest BCUT2D eigenvalue weighted by Gasteiger charge is 2.62. The molecule has 4 saturated carbocycles. The third kappa shape index (κ3) is 3.11. The largest absolute Gasteiger partial charge is 0.510 e. The molecule has 0 spiro atoms. The fraction of sp³-hybridized carbons (Fsp3) is 0.436. The average molecular weight is 595 g/mol. The van der Waals surface area contributed by atoms with Crippen LogP contribution in [-0.2, 0) is 4.79 Å². The molecule has 6 heteroatoms. The summed E-state index contributed by atoms with van der Waals surface area (Å²) in [4.78, 5) is 20.3. The molecule has 226 valence electrons. The molecule has 4 fully saturated rings. The lowest BCUT2D eigenvalue weighted by Gasteiger charge is -2.48. The number of aliphatic hydroxyl groups is 1. The van der Waals surface area contributed by atoms with Crippen LogP contribution in [0.1, 0.15) is 75.0 Å². The van der Waals surface area contributed by atoms with Crippen LogP contribution in [0.5, 0.6) is 0 Å². The molecule has 4 N–H and O–H groups in total. The first-order chi connectivity index (χ1) is 21.9. The Balaban J connectivity index is 1.07. The van der Waals surface area contributed by atoms with Gasteiger partial charge < -0.3 is 21.1 Å². The van der Waals surface area contributed by atoms with Crippen LogP contribution in [0, 0.1) is 35.0 Å². The Bertz CT molecular complexity index is 1970. The lowest BCUT2D eigenvalue weighted by molar-refractivity contribution is -0.125. The van der Waals surface area contributed by atoms with Crippen molar-refractivity contribution >= 4 is 51.0 Å². The summed E-state index contributed by atoms with van der Waals surface area (Å²) in [6.45, 7) is 1.95. The van der Waals surface area contributed by atoms with E-state index < -0.39 is 5.41 Å². The quantitative estimate of drug-likeness (QED) is 0.232. The molecule has 0 bridgehead atoms. The predicted octanol–water partition coefficient (Wildman–Crippen LogP) is 8.13.